The molecule has 0 saturated heterocycles. The Hall–Kier alpha value is -1.11. The largest absolute Gasteiger partial charge is 0.386 e. The number of aliphatic hydroxyl groups excluding tert-OH is 2. The van der Waals surface area contributed by atoms with E-state index in [2.05, 4.69) is 13.8 Å². The lowest BCUT2D eigenvalue weighted by Crippen LogP contribution is -2.61. The Morgan fingerprint density at radius 3 is 0.878 bits per heavy atom. The summed E-state index contributed by atoms with van der Waals surface area (Å²) in [6.45, 7) is 6.27. The van der Waals surface area contributed by atoms with Crippen LogP contribution >= 0.6 is 0 Å². The molecule has 2 unspecified atom stereocenters. The fraction of sp³-hybridized carbons (Fsp3) is 0.930. The predicted octanol–water partition coefficient (Wildman–Crippen LogP) is 11.5. The number of hydrogen-bond donors (Lipinski definition) is 3. The van der Waals surface area contributed by atoms with Gasteiger partial charge in [0.2, 0.25) is 5.60 Å². The van der Waals surface area contributed by atoms with Crippen LogP contribution in [0.4, 0.5) is 0 Å². The molecule has 0 amide bonds. The van der Waals surface area contributed by atoms with Gasteiger partial charge in [-0.2, -0.15) is 0 Å². The van der Waals surface area contributed by atoms with Gasteiger partial charge in [0.25, 0.3) is 0 Å². The molecule has 0 radical (unpaired) electrons. The lowest BCUT2D eigenvalue weighted by molar-refractivity contribution is -0.174. The number of Topliss-reactive ketones (excluding diaryl/α,β-unsaturated/α-hetero) is 3. The first kappa shape index (κ1) is 47.9. The summed E-state index contributed by atoms with van der Waals surface area (Å²) in [6, 6.07) is 0. The molecule has 0 spiro atoms. The molecule has 0 fully saturated rings. The van der Waals surface area contributed by atoms with Gasteiger partial charge in [-0.3, -0.25) is 14.4 Å². The number of rotatable bonds is 39. The summed E-state index contributed by atoms with van der Waals surface area (Å²) in [5, 5.41) is 32.7. The van der Waals surface area contributed by atoms with Crippen molar-refractivity contribution in [2.45, 2.75) is 257 Å². The van der Waals surface area contributed by atoms with Crippen LogP contribution < -0.4 is 0 Å². The van der Waals surface area contributed by atoms with E-state index in [0.29, 0.717) is 19.3 Å². The number of hydrogen-bond acceptors (Lipinski definition) is 6. The lowest BCUT2D eigenvalue weighted by atomic mass is 9.79. The van der Waals surface area contributed by atoms with Crippen molar-refractivity contribution in [3.05, 3.63) is 0 Å². The first-order chi connectivity index (χ1) is 23.8. The average molecular weight is 695 g/mol. The first-order valence-electron chi connectivity index (χ1n) is 21.4. The maximum absolute atomic E-state index is 13.3. The second-order valence-corrected chi connectivity index (χ2v) is 15.1. The zero-order chi connectivity index (χ0) is 36.4. The highest BCUT2D eigenvalue weighted by atomic mass is 16.4. The average Bonchev–Trinajstić information content (AvgIpc) is 3.10. The van der Waals surface area contributed by atoms with Crippen LogP contribution in [0.2, 0.25) is 0 Å². The van der Waals surface area contributed by atoms with Gasteiger partial charge in [0.1, 0.15) is 12.2 Å². The second-order valence-electron chi connectivity index (χ2n) is 15.1. The number of carbonyl (C=O) groups is 3. The maximum Gasteiger partial charge on any atom is 0.210 e. The Balaban J connectivity index is 4.42. The van der Waals surface area contributed by atoms with E-state index in [1.165, 1.54) is 141 Å². The third-order valence-electron chi connectivity index (χ3n) is 10.4. The molecule has 49 heavy (non-hydrogen) atoms. The summed E-state index contributed by atoms with van der Waals surface area (Å²) in [5.41, 5.74) is -2.74. The molecule has 0 aliphatic heterocycles. The van der Waals surface area contributed by atoms with Gasteiger partial charge in [-0.15, -0.1) is 0 Å². The van der Waals surface area contributed by atoms with Crippen molar-refractivity contribution < 1.29 is 29.7 Å². The Morgan fingerprint density at radius 2 is 0.633 bits per heavy atom. The lowest BCUT2D eigenvalue weighted by Gasteiger charge is -2.32. The third-order valence-corrected chi connectivity index (χ3v) is 10.4. The minimum atomic E-state index is -2.74. The second kappa shape index (κ2) is 34.0. The van der Waals surface area contributed by atoms with Gasteiger partial charge in [-0.1, -0.05) is 201 Å². The van der Waals surface area contributed by atoms with E-state index in [4.69, 9.17) is 0 Å². The quantitative estimate of drug-likeness (QED) is 0.0436. The molecule has 0 bridgehead atoms. The van der Waals surface area contributed by atoms with E-state index < -0.39 is 35.2 Å². The highest BCUT2D eigenvalue weighted by Crippen LogP contribution is 2.25. The predicted molar refractivity (Wildman–Crippen MR) is 206 cm³/mol. The summed E-state index contributed by atoms with van der Waals surface area (Å²) in [4.78, 5) is 38.9. The van der Waals surface area contributed by atoms with Gasteiger partial charge in [-0.05, 0) is 19.3 Å². The van der Waals surface area contributed by atoms with E-state index in [9.17, 15) is 29.7 Å². The first-order valence-corrected chi connectivity index (χ1v) is 21.4. The number of unbranched alkanes of at least 4 members (excludes halogenated alkanes) is 28. The molecular formula is C43H82O6. The Kier molecular flexibility index (Phi) is 33.2. The number of aliphatic hydroxyl groups is 3. The molecule has 0 aromatic rings. The molecule has 0 aromatic heterocycles. The monoisotopic (exact) mass is 695 g/mol. The summed E-state index contributed by atoms with van der Waals surface area (Å²) >= 11 is 0. The van der Waals surface area contributed by atoms with E-state index in [1.807, 2.05) is 0 Å². The summed E-state index contributed by atoms with van der Waals surface area (Å²) in [6.07, 6.45) is 32.0. The van der Waals surface area contributed by atoms with E-state index >= 15 is 0 Å². The molecule has 0 saturated carbocycles. The van der Waals surface area contributed by atoms with Gasteiger partial charge in [0.05, 0.1) is 0 Å². The Bertz CT molecular complexity index is 734. The van der Waals surface area contributed by atoms with Crippen LogP contribution in [0, 0.1) is 0 Å². The Morgan fingerprint density at radius 1 is 0.388 bits per heavy atom. The van der Waals surface area contributed by atoms with Crippen molar-refractivity contribution in [1.82, 2.24) is 0 Å². The zero-order valence-corrected chi connectivity index (χ0v) is 32.8. The van der Waals surface area contributed by atoms with Crippen molar-refractivity contribution in [3.8, 4) is 0 Å². The van der Waals surface area contributed by atoms with Crippen LogP contribution in [0.5, 0.6) is 0 Å². The Labute approximate surface area is 303 Å². The summed E-state index contributed by atoms with van der Waals surface area (Å²) in [7, 11) is 0. The fourth-order valence-electron chi connectivity index (χ4n) is 6.98. The molecule has 290 valence electrons. The van der Waals surface area contributed by atoms with Crippen molar-refractivity contribution in [2.75, 3.05) is 0 Å². The van der Waals surface area contributed by atoms with Gasteiger partial charge >= 0.3 is 0 Å². The third kappa shape index (κ3) is 24.7. The molecule has 0 heterocycles. The topological polar surface area (TPSA) is 112 Å². The van der Waals surface area contributed by atoms with Crippen molar-refractivity contribution in [1.29, 1.82) is 0 Å². The number of carbonyl (C=O) groups excluding carboxylic acids is 3. The van der Waals surface area contributed by atoms with Crippen LogP contribution in [0.15, 0.2) is 0 Å². The number of ketones is 3. The smallest absolute Gasteiger partial charge is 0.210 e. The van der Waals surface area contributed by atoms with Crippen LogP contribution in [0.3, 0.4) is 0 Å². The van der Waals surface area contributed by atoms with Crippen LogP contribution in [0.25, 0.3) is 0 Å². The molecule has 0 aliphatic rings. The maximum atomic E-state index is 13.3. The van der Waals surface area contributed by atoms with Gasteiger partial charge in [0, 0.05) is 19.3 Å². The minimum Gasteiger partial charge on any atom is -0.386 e. The van der Waals surface area contributed by atoms with E-state index in [0.717, 1.165) is 38.5 Å². The zero-order valence-electron chi connectivity index (χ0n) is 32.8. The van der Waals surface area contributed by atoms with Crippen molar-refractivity contribution in [3.63, 3.8) is 0 Å². The molecule has 3 N–H and O–H groups in total. The van der Waals surface area contributed by atoms with Crippen molar-refractivity contribution >= 4 is 17.3 Å². The summed E-state index contributed by atoms with van der Waals surface area (Å²) in [5.74, 6) is -2.21. The van der Waals surface area contributed by atoms with Crippen LogP contribution in [0.1, 0.15) is 239 Å². The van der Waals surface area contributed by atoms with E-state index in [1.54, 1.807) is 6.92 Å². The highest BCUT2D eigenvalue weighted by molar-refractivity contribution is 6.11. The fourth-order valence-corrected chi connectivity index (χ4v) is 6.98. The van der Waals surface area contributed by atoms with E-state index in [-0.39, 0.29) is 19.3 Å². The molecular weight excluding hydrogens is 612 g/mol. The molecule has 0 rings (SSSR count). The van der Waals surface area contributed by atoms with Crippen LogP contribution in [-0.4, -0.2) is 50.5 Å². The minimum absolute atomic E-state index is 0.00871. The molecule has 6 nitrogen and oxygen atoms in total. The molecule has 2 atom stereocenters. The normalized spacial score (nSPS) is 13.1. The molecule has 0 aromatic carbocycles. The summed E-state index contributed by atoms with van der Waals surface area (Å²) < 4.78 is 0. The molecule has 0 aliphatic carbocycles. The van der Waals surface area contributed by atoms with Crippen LogP contribution in [-0.2, 0) is 14.4 Å². The van der Waals surface area contributed by atoms with Crippen molar-refractivity contribution in [2.24, 2.45) is 0 Å². The van der Waals surface area contributed by atoms with Gasteiger partial charge in [-0.25, -0.2) is 0 Å². The van der Waals surface area contributed by atoms with Gasteiger partial charge in [0.15, 0.2) is 17.3 Å². The standard InChI is InChI=1S/C43H82O6/c1-4-7-9-11-13-15-17-19-21-23-25-27-29-31-33-36-39(45)43(49,42(48)41(47)38(44)35-6-3)40(46)37-34-32-30-28-26-24-22-20-18-16-14-12-10-8-5-2/h41-42,47-49H,4-37H2,1-3H3. The van der Waals surface area contributed by atoms with Gasteiger partial charge < -0.3 is 15.3 Å². The SMILES string of the molecule is CCCCCCCCCCCCCCCCCC(=O)C(O)(C(=O)CCCCCCCCCCCCCCCCC)C(O)C(O)C(=O)CCC. The molecule has 6 heteroatoms. The highest BCUT2D eigenvalue weighted by Gasteiger charge is 2.52.